The number of carboxylic acid groups (broad SMARTS) is 1. The van der Waals surface area contributed by atoms with Gasteiger partial charge < -0.3 is 19.3 Å². The molecule has 0 aromatic carbocycles. The molecule has 6 saturated carbocycles. The van der Waals surface area contributed by atoms with E-state index in [-0.39, 0.29) is 38.9 Å². The van der Waals surface area contributed by atoms with Gasteiger partial charge in [-0.05, 0) is 59.3 Å². The Morgan fingerprint density at radius 3 is 1.51 bits per heavy atom. The Labute approximate surface area is 259 Å². The lowest BCUT2D eigenvalue weighted by Gasteiger charge is -2.68. The Kier molecular flexibility index (Phi) is 9.05. The fourth-order valence-electron chi connectivity index (χ4n) is 6.48. The summed E-state index contributed by atoms with van der Waals surface area (Å²) in [4.78, 5) is 38.9. The molecule has 6 aliphatic rings. The standard InChI is InChI=1S/C16H19N3O3.C12H11N3O3.CH2Cl2/c1-14(2,3)22-13(20)16-7-15(8-16,9-16)10-21-12-6-18-11(4-17)5-19-12;13-1-8-2-15-9(3-14-8)18-7-11-4-12(5-11,6-11)10(16)17;2-1-3/h5-6H,7-10H2,1-3H3;2-3H,4-7H2,(H,16,17);1H2. The van der Waals surface area contributed by atoms with Crippen molar-refractivity contribution in [1.29, 1.82) is 10.5 Å². The Hall–Kier alpha value is -3.74. The Morgan fingerprint density at radius 2 is 1.21 bits per heavy atom. The molecule has 0 radical (unpaired) electrons. The summed E-state index contributed by atoms with van der Waals surface area (Å²) < 4.78 is 16.6. The number of nitriles is 2. The Bertz CT molecular complexity index is 1390. The summed E-state index contributed by atoms with van der Waals surface area (Å²) in [6.45, 7) is 6.66. The van der Waals surface area contributed by atoms with Crippen molar-refractivity contribution in [2.24, 2.45) is 21.7 Å². The first-order valence-electron chi connectivity index (χ1n) is 13.5. The van der Waals surface area contributed by atoms with Crippen LogP contribution in [0.2, 0.25) is 0 Å². The van der Waals surface area contributed by atoms with Crippen LogP contribution in [0.25, 0.3) is 0 Å². The van der Waals surface area contributed by atoms with Gasteiger partial charge in [-0.2, -0.15) is 10.5 Å². The minimum absolute atomic E-state index is 0.0218. The summed E-state index contributed by atoms with van der Waals surface area (Å²) in [5, 5.41) is 26.4. The SMILES string of the molecule is CC(C)(C)OC(=O)C12CC(COc3cnc(C#N)cn3)(C1)C2.ClCCl.N#Cc1cnc(OCC23CC(C(=O)O)(C2)C3)cn1. The first-order chi connectivity index (χ1) is 20.2. The van der Waals surface area contributed by atoms with Crippen LogP contribution in [0.3, 0.4) is 0 Å². The molecule has 6 aliphatic carbocycles. The van der Waals surface area contributed by atoms with Gasteiger partial charge in [-0.25, -0.2) is 19.9 Å². The Morgan fingerprint density at radius 1 is 0.814 bits per heavy atom. The molecule has 0 spiro atoms. The number of rotatable bonds is 8. The summed E-state index contributed by atoms with van der Waals surface area (Å²) in [5.41, 5.74) is -0.582. The normalized spacial score (nSPS) is 28.4. The molecule has 4 bridgehead atoms. The molecule has 0 unspecified atom stereocenters. The van der Waals surface area contributed by atoms with Crippen molar-refractivity contribution in [2.45, 2.75) is 64.9 Å². The Balaban J connectivity index is 0.000000183. The predicted octanol–water partition coefficient (Wildman–Crippen LogP) is 4.64. The van der Waals surface area contributed by atoms with E-state index in [0.717, 1.165) is 19.3 Å². The van der Waals surface area contributed by atoms with E-state index in [4.69, 9.17) is 53.0 Å². The first-order valence-corrected chi connectivity index (χ1v) is 14.6. The predicted molar refractivity (Wildman–Crippen MR) is 152 cm³/mol. The molecule has 2 heterocycles. The maximum Gasteiger partial charge on any atom is 0.312 e. The number of nitrogens with zero attached hydrogens (tertiary/aromatic N) is 6. The van der Waals surface area contributed by atoms with Gasteiger partial charge in [-0.15, -0.1) is 23.2 Å². The summed E-state index contributed by atoms with van der Waals surface area (Å²) in [5.74, 6) is 0.0146. The lowest BCUT2D eigenvalue weighted by molar-refractivity contribution is -0.243. The highest BCUT2D eigenvalue weighted by Crippen LogP contribution is 2.74. The number of aromatic nitrogens is 4. The molecule has 12 nitrogen and oxygen atoms in total. The van der Waals surface area contributed by atoms with Crippen LogP contribution in [-0.4, -0.2) is 61.1 Å². The van der Waals surface area contributed by atoms with Crippen molar-refractivity contribution < 1.29 is 28.9 Å². The molecule has 43 heavy (non-hydrogen) atoms. The number of aliphatic carboxylic acids is 1. The zero-order valence-electron chi connectivity index (χ0n) is 24.1. The first kappa shape index (κ1) is 32.2. The van der Waals surface area contributed by atoms with Crippen LogP contribution in [0.5, 0.6) is 11.8 Å². The van der Waals surface area contributed by atoms with Gasteiger partial charge in [0.25, 0.3) is 0 Å². The average Bonchev–Trinajstić information content (AvgIpc) is 2.86. The van der Waals surface area contributed by atoms with E-state index in [1.165, 1.54) is 24.8 Å². The van der Waals surface area contributed by atoms with Gasteiger partial charge in [-0.3, -0.25) is 9.59 Å². The summed E-state index contributed by atoms with van der Waals surface area (Å²) >= 11 is 9.53. The second-order valence-electron chi connectivity index (χ2n) is 12.8. The van der Waals surface area contributed by atoms with Gasteiger partial charge in [0.2, 0.25) is 11.8 Å². The van der Waals surface area contributed by atoms with Crippen molar-refractivity contribution in [2.75, 3.05) is 18.6 Å². The van der Waals surface area contributed by atoms with E-state index in [1.54, 1.807) is 0 Å². The zero-order chi connectivity index (χ0) is 31.5. The number of esters is 1. The average molecular weight is 632 g/mol. The highest BCUT2D eigenvalue weighted by Gasteiger charge is 2.73. The number of ether oxygens (including phenoxy) is 3. The molecule has 14 heteroatoms. The molecule has 1 N–H and O–H groups in total. The lowest BCUT2D eigenvalue weighted by atomic mass is 9.35. The van der Waals surface area contributed by atoms with Crippen LogP contribution in [0.4, 0.5) is 0 Å². The molecule has 0 amide bonds. The number of carboxylic acids is 1. The largest absolute Gasteiger partial charge is 0.481 e. The molecule has 2 aromatic rings. The molecule has 0 atom stereocenters. The molecule has 228 valence electrons. The summed E-state index contributed by atoms with van der Waals surface area (Å²) in [6, 6.07) is 3.79. The number of halogens is 2. The van der Waals surface area contributed by atoms with Crippen LogP contribution >= 0.6 is 23.2 Å². The maximum atomic E-state index is 12.2. The highest BCUT2D eigenvalue weighted by molar-refractivity contribution is 6.40. The third-order valence-corrected chi connectivity index (χ3v) is 8.10. The van der Waals surface area contributed by atoms with Crippen LogP contribution in [-0.2, 0) is 14.3 Å². The van der Waals surface area contributed by atoms with E-state index in [1.807, 2.05) is 32.9 Å². The minimum atomic E-state index is -0.692. The molecule has 0 aliphatic heterocycles. The number of carbonyl (C=O) groups excluding carboxylic acids is 1. The molecule has 2 aromatic heterocycles. The van der Waals surface area contributed by atoms with E-state index < -0.39 is 17.0 Å². The fraction of sp³-hybridized carbons (Fsp3) is 0.586. The number of alkyl halides is 2. The van der Waals surface area contributed by atoms with Gasteiger partial charge >= 0.3 is 11.9 Å². The second kappa shape index (κ2) is 12.1. The van der Waals surface area contributed by atoms with Crippen LogP contribution in [0.1, 0.15) is 70.7 Å². The number of hydrogen-bond donors (Lipinski definition) is 1. The van der Waals surface area contributed by atoms with Crippen molar-refractivity contribution in [1.82, 2.24) is 19.9 Å². The summed E-state index contributed by atoms with van der Waals surface area (Å²) in [7, 11) is 0. The topological polar surface area (TPSA) is 181 Å². The van der Waals surface area contributed by atoms with Crippen LogP contribution in [0.15, 0.2) is 24.8 Å². The monoisotopic (exact) mass is 630 g/mol. The van der Waals surface area contributed by atoms with Crippen LogP contribution < -0.4 is 9.47 Å². The van der Waals surface area contributed by atoms with E-state index in [9.17, 15) is 9.59 Å². The minimum Gasteiger partial charge on any atom is -0.481 e. The molecule has 8 rings (SSSR count). The highest BCUT2D eigenvalue weighted by atomic mass is 35.5. The number of hydrogen-bond acceptors (Lipinski definition) is 11. The molecule has 0 saturated heterocycles. The second-order valence-corrected chi connectivity index (χ2v) is 13.6. The van der Waals surface area contributed by atoms with Crippen molar-refractivity contribution in [3.05, 3.63) is 36.2 Å². The van der Waals surface area contributed by atoms with Crippen molar-refractivity contribution in [3.63, 3.8) is 0 Å². The van der Waals surface area contributed by atoms with E-state index in [0.29, 0.717) is 44.2 Å². The quantitative estimate of drug-likeness (QED) is 0.315. The van der Waals surface area contributed by atoms with Crippen LogP contribution in [0, 0.1) is 44.3 Å². The van der Waals surface area contributed by atoms with Gasteiger partial charge in [0.1, 0.15) is 17.7 Å². The van der Waals surface area contributed by atoms with Crippen molar-refractivity contribution >= 4 is 35.1 Å². The summed E-state index contributed by atoms with van der Waals surface area (Å²) in [6.07, 6.45) is 10.1. The van der Waals surface area contributed by atoms with Gasteiger partial charge in [0.15, 0.2) is 11.4 Å². The third kappa shape index (κ3) is 6.92. The lowest BCUT2D eigenvalue weighted by Crippen LogP contribution is -2.68. The van der Waals surface area contributed by atoms with Crippen molar-refractivity contribution in [3.8, 4) is 23.9 Å². The molecular weight excluding hydrogens is 599 g/mol. The van der Waals surface area contributed by atoms with E-state index >= 15 is 0 Å². The zero-order valence-corrected chi connectivity index (χ0v) is 25.6. The molecular formula is C29H32Cl2N6O6. The van der Waals surface area contributed by atoms with Gasteiger partial charge in [0.05, 0.1) is 54.2 Å². The maximum absolute atomic E-state index is 12.2. The number of carbonyl (C=O) groups is 2. The smallest absolute Gasteiger partial charge is 0.312 e. The third-order valence-electron chi connectivity index (χ3n) is 8.10. The van der Waals surface area contributed by atoms with Gasteiger partial charge in [0, 0.05) is 10.8 Å². The fourth-order valence-corrected chi connectivity index (χ4v) is 6.48. The van der Waals surface area contributed by atoms with Gasteiger partial charge in [-0.1, -0.05) is 0 Å². The molecule has 6 fully saturated rings. The van der Waals surface area contributed by atoms with E-state index in [2.05, 4.69) is 19.9 Å².